The molecule has 0 aliphatic heterocycles. The average Bonchev–Trinajstić information content (AvgIpc) is 2.53. The monoisotopic (exact) mass is 287 g/mol. The van der Waals surface area contributed by atoms with Gasteiger partial charge >= 0.3 is 0 Å². The number of methoxy groups -OCH3 is 1. The van der Waals surface area contributed by atoms with Crippen molar-refractivity contribution in [2.45, 2.75) is 25.8 Å². The lowest BCUT2D eigenvalue weighted by Crippen LogP contribution is -2.26. The third-order valence-corrected chi connectivity index (χ3v) is 3.80. The van der Waals surface area contributed by atoms with Crippen molar-refractivity contribution in [3.8, 4) is 5.75 Å². The Bertz CT molecular complexity index is 571. The number of benzene rings is 2. The van der Waals surface area contributed by atoms with E-state index in [0.717, 1.165) is 6.54 Å². The van der Waals surface area contributed by atoms with E-state index < -0.39 is 0 Å². The van der Waals surface area contributed by atoms with E-state index in [0.29, 0.717) is 5.56 Å². The fourth-order valence-corrected chi connectivity index (χ4v) is 2.65. The van der Waals surface area contributed by atoms with Crippen LogP contribution in [0, 0.1) is 5.82 Å². The van der Waals surface area contributed by atoms with Crippen LogP contribution in [0.3, 0.4) is 0 Å². The Morgan fingerprint density at radius 3 is 2.43 bits per heavy atom. The molecule has 21 heavy (non-hydrogen) atoms. The second kappa shape index (κ2) is 7.23. The SMILES string of the molecule is CCNC(c1cccc(OC)c1F)C(C)c1ccccc1. The second-order valence-corrected chi connectivity index (χ2v) is 5.10. The molecule has 2 atom stereocenters. The summed E-state index contributed by atoms with van der Waals surface area (Å²) in [5.41, 5.74) is 1.83. The van der Waals surface area contributed by atoms with Gasteiger partial charge in [0.05, 0.1) is 7.11 Å². The number of nitrogens with one attached hydrogen (secondary N) is 1. The first-order chi connectivity index (χ1) is 10.2. The van der Waals surface area contributed by atoms with Crippen molar-refractivity contribution < 1.29 is 9.13 Å². The van der Waals surface area contributed by atoms with Gasteiger partial charge in [-0.3, -0.25) is 0 Å². The van der Waals surface area contributed by atoms with E-state index in [-0.39, 0.29) is 23.5 Å². The normalized spacial score (nSPS) is 13.7. The molecule has 0 radical (unpaired) electrons. The lowest BCUT2D eigenvalue weighted by molar-refractivity contribution is 0.375. The van der Waals surface area contributed by atoms with Gasteiger partial charge in [0.1, 0.15) is 0 Å². The molecule has 1 N–H and O–H groups in total. The Balaban J connectivity index is 2.39. The van der Waals surface area contributed by atoms with Gasteiger partial charge in [0.15, 0.2) is 11.6 Å². The molecule has 3 heteroatoms. The van der Waals surface area contributed by atoms with Crippen LogP contribution in [0.25, 0.3) is 0 Å². The zero-order valence-electron chi connectivity index (χ0n) is 12.8. The zero-order chi connectivity index (χ0) is 15.2. The molecule has 112 valence electrons. The van der Waals surface area contributed by atoms with Crippen LogP contribution in [-0.4, -0.2) is 13.7 Å². The molecule has 0 heterocycles. The van der Waals surface area contributed by atoms with E-state index in [9.17, 15) is 4.39 Å². The Morgan fingerprint density at radius 2 is 1.81 bits per heavy atom. The van der Waals surface area contributed by atoms with Crippen LogP contribution in [0.2, 0.25) is 0 Å². The van der Waals surface area contributed by atoms with Crippen molar-refractivity contribution in [3.63, 3.8) is 0 Å². The minimum Gasteiger partial charge on any atom is -0.494 e. The molecule has 2 nitrogen and oxygen atoms in total. The molecule has 0 spiro atoms. The van der Waals surface area contributed by atoms with E-state index in [1.807, 2.05) is 37.3 Å². The van der Waals surface area contributed by atoms with Gasteiger partial charge < -0.3 is 10.1 Å². The molecule has 0 aromatic heterocycles. The van der Waals surface area contributed by atoms with Crippen LogP contribution in [0.4, 0.5) is 4.39 Å². The maximum absolute atomic E-state index is 14.6. The summed E-state index contributed by atoms with van der Waals surface area (Å²) < 4.78 is 19.7. The van der Waals surface area contributed by atoms with Crippen molar-refractivity contribution in [1.82, 2.24) is 5.32 Å². The minimum atomic E-state index is -0.284. The van der Waals surface area contributed by atoms with Gasteiger partial charge in [-0.25, -0.2) is 4.39 Å². The maximum atomic E-state index is 14.6. The summed E-state index contributed by atoms with van der Waals surface area (Å²) in [5.74, 6) is 0.164. The van der Waals surface area contributed by atoms with Crippen LogP contribution in [0.15, 0.2) is 48.5 Å². The van der Waals surface area contributed by atoms with Gasteiger partial charge in [-0.1, -0.05) is 56.3 Å². The van der Waals surface area contributed by atoms with Crippen LogP contribution in [-0.2, 0) is 0 Å². The topological polar surface area (TPSA) is 21.3 Å². The van der Waals surface area contributed by atoms with Crippen LogP contribution < -0.4 is 10.1 Å². The fraction of sp³-hybridized carbons (Fsp3) is 0.333. The Labute approximate surface area is 126 Å². The van der Waals surface area contributed by atoms with E-state index >= 15 is 0 Å². The average molecular weight is 287 g/mol. The smallest absolute Gasteiger partial charge is 0.169 e. The minimum absolute atomic E-state index is 0.0903. The fourth-order valence-electron chi connectivity index (χ4n) is 2.65. The number of hydrogen-bond acceptors (Lipinski definition) is 2. The highest BCUT2D eigenvalue weighted by atomic mass is 19.1. The third kappa shape index (κ3) is 3.42. The largest absolute Gasteiger partial charge is 0.494 e. The number of ether oxygens (including phenoxy) is 1. The molecule has 0 aliphatic carbocycles. The summed E-state index contributed by atoms with van der Waals surface area (Å²) >= 11 is 0. The van der Waals surface area contributed by atoms with Crippen molar-refractivity contribution in [1.29, 1.82) is 0 Å². The molecule has 0 saturated carbocycles. The number of likely N-dealkylation sites (N-methyl/N-ethyl adjacent to an activating group) is 1. The second-order valence-electron chi connectivity index (χ2n) is 5.10. The molecular formula is C18H22FNO. The molecule has 0 amide bonds. The first kappa shape index (κ1) is 15.5. The highest BCUT2D eigenvalue weighted by Gasteiger charge is 2.24. The van der Waals surface area contributed by atoms with E-state index in [4.69, 9.17) is 4.74 Å². The molecule has 0 fully saturated rings. The molecule has 2 aromatic carbocycles. The number of rotatable bonds is 6. The molecule has 2 aromatic rings. The Kier molecular flexibility index (Phi) is 5.34. The van der Waals surface area contributed by atoms with Gasteiger partial charge in [0.25, 0.3) is 0 Å². The molecule has 0 bridgehead atoms. The van der Waals surface area contributed by atoms with Gasteiger partial charge in [0, 0.05) is 17.5 Å². The van der Waals surface area contributed by atoms with Crippen molar-refractivity contribution >= 4 is 0 Å². The molecule has 2 unspecified atom stereocenters. The number of halogens is 1. The summed E-state index contributed by atoms with van der Waals surface area (Å²) in [6, 6.07) is 15.4. The molecule has 0 aliphatic rings. The van der Waals surface area contributed by atoms with E-state index in [1.165, 1.54) is 12.7 Å². The van der Waals surface area contributed by atoms with Gasteiger partial charge in [0.2, 0.25) is 0 Å². The lowest BCUT2D eigenvalue weighted by atomic mass is 9.88. The van der Waals surface area contributed by atoms with Crippen LogP contribution in [0.1, 0.15) is 36.9 Å². The van der Waals surface area contributed by atoms with Crippen LogP contribution in [0.5, 0.6) is 5.75 Å². The summed E-state index contributed by atoms with van der Waals surface area (Å²) in [6.07, 6.45) is 0. The van der Waals surface area contributed by atoms with Gasteiger partial charge in [-0.2, -0.15) is 0 Å². The predicted molar refractivity (Wildman–Crippen MR) is 84.2 cm³/mol. The number of hydrogen-bond donors (Lipinski definition) is 1. The van der Waals surface area contributed by atoms with Crippen LogP contribution >= 0.6 is 0 Å². The predicted octanol–water partition coefficient (Wildman–Crippen LogP) is 4.29. The highest BCUT2D eigenvalue weighted by molar-refractivity contribution is 5.35. The maximum Gasteiger partial charge on any atom is 0.169 e. The highest BCUT2D eigenvalue weighted by Crippen LogP contribution is 2.34. The summed E-state index contributed by atoms with van der Waals surface area (Å²) in [5, 5.41) is 3.39. The molecule has 2 rings (SSSR count). The first-order valence-electron chi connectivity index (χ1n) is 7.29. The lowest BCUT2D eigenvalue weighted by Gasteiger charge is -2.26. The standard InChI is InChI=1S/C18H22FNO/c1-4-20-18(13(2)14-9-6-5-7-10-14)15-11-8-12-16(21-3)17(15)19/h5-13,18,20H,4H2,1-3H3. The Morgan fingerprint density at radius 1 is 1.10 bits per heavy atom. The molecule has 0 saturated heterocycles. The van der Waals surface area contributed by atoms with Crippen molar-refractivity contribution in [3.05, 3.63) is 65.5 Å². The van der Waals surface area contributed by atoms with Crippen molar-refractivity contribution in [2.75, 3.05) is 13.7 Å². The third-order valence-electron chi connectivity index (χ3n) is 3.80. The van der Waals surface area contributed by atoms with Crippen molar-refractivity contribution in [2.24, 2.45) is 0 Å². The first-order valence-corrected chi connectivity index (χ1v) is 7.29. The Hall–Kier alpha value is -1.87. The van der Waals surface area contributed by atoms with E-state index in [2.05, 4.69) is 24.4 Å². The molecular weight excluding hydrogens is 265 g/mol. The summed E-state index contributed by atoms with van der Waals surface area (Å²) in [4.78, 5) is 0. The van der Waals surface area contributed by atoms with Gasteiger partial charge in [-0.05, 0) is 18.2 Å². The summed E-state index contributed by atoms with van der Waals surface area (Å²) in [7, 11) is 1.49. The summed E-state index contributed by atoms with van der Waals surface area (Å²) in [6.45, 7) is 4.92. The quantitative estimate of drug-likeness (QED) is 0.856. The van der Waals surface area contributed by atoms with Gasteiger partial charge in [-0.15, -0.1) is 0 Å². The zero-order valence-corrected chi connectivity index (χ0v) is 12.8. The van der Waals surface area contributed by atoms with E-state index in [1.54, 1.807) is 6.07 Å².